The number of nitrogens with zero attached hydrogens (tertiary/aromatic N) is 2. The van der Waals surface area contributed by atoms with Crippen molar-refractivity contribution in [3.8, 4) is 0 Å². The Hall–Kier alpha value is -2.58. The predicted molar refractivity (Wildman–Crippen MR) is 142 cm³/mol. The fourth-order valence-corrected chi connectivity index (χ4v) is 4.81. The molecule has 0 unspecified atom stereocenters. The lowest BCUT2D eigenvalue weighted by Gasteiger charge is -2.33. The number of nitrogens with one attached hydrogen (secondary N) is 1. The van der Waals surface area contributed by atoms with Gasteiger partial charge in [0.2, 0.25) is 21.8 Å². The van der Waals surface area contributed by atoms with E-state index in [0.717, 1.165) is 33.7 Å². The van der Waals surface area contributed by atoms with Crippen LogP contribution in [-0.4, -0.2) is 50.0 Å². The number of anilines is 1. The SMILES string of the molecule is CC[C@@H](C)NC(=O)[C@H](CC)N(Cc1ccc(Cl)cc1)C(=O)CN(c1cc(C)cc(C)c1)S(C)(=O)=O. The quantitative estimate of drug-likeness (QED) is 0.473. The van der Waals surface area contributed by atoms with E-state index in [0.29, 0.717) is 17.1 Å². The maximum absolute atomic E-state index is 13.7. The van der Waals surface area contributed by atoms with Crippen LogP contribution in [0.4, 0.5) is 5.69 Å². The van der Waals surface area contributed by atoms with Crippen LogP contribution in [0.5, 0.6) is 0 Å². The van der Waals surface area contributed by atoms with Crippen LogP contribution in [0.2, 0.25) is 5.02 Å². The normalized spacial score (nSPS) is 13.1. The topological polar surface area (TPSA) is 86.8 Å². The van der Waals surface area contributed by atoms with Gasteiger partial charge < -0.3 is 10.2 Å². The highest BCUT2D eigenvalue weighted by molar-refractivity contribution is 7.92. The Morgan fingerprint density at radius 1 is 1.00 bits per heavy atom. The number of halogens is 1. The number of carbonyl (C=O) groups excluding carboxylic acids is 2. The average molecular weight is 522 g/mol. The molecule has 0 aromatic heterocycles. The molecule has 192 valence electrons. The molecule has 0 aliphatic rings. The first kappa shape index (κ1) is 28.7. The second kappa shape index (κ2) is 12.4. The molecule has 0 heterocycles. The van der Waals surface area contributed by atoms with Crippen LogP contribution in [0.3, 0.4) is 0 Å². The van der Waals surface area contributed by atoms with Gasteiger partial charge in [0.1, 0.15) is 12.6 Å². The van der Waals surface area contributed by atoms with E-state index in [-0.39, 0.29) is 18.5 Å². The summed E-state index contributed by atoms with van der Waals surface area (Å²) in [6, 6.07) is 11.6. The summed E-state index contributed by atoms with van der Waals surface area (Å²) < 4.78 is 26.6. The van der Waals surface area contributed by atoms with Crippen molar-refractivity contribution < 1.29 is 18.0 Å². The molecule has 2 amide bonds. The van der Waals surface area contributed by atoms with Gasteiger partial charge in [0.25, 0.3) is 0 Å². The highest BCUT2D eigenvalue weighted by Crippen LogP contribution is 2.23. The van der Waals surface area contributed by atoms with E-state index < -0.39 is 28.5 Å². The summed E-state index contributed by atoms with van der Waals surface area (Å²) in [5.74, 6) is -0.725. The molecular weight excluding hydrogens is 486 g/mol. The van der Waals surface area contributed by atoms with Gasteiger partial charge >= 0.3 is 0 Å². The summed E-state index contributed by atoms with van der Waals surface area (Å²) in [4.78, 5) is 28.3. The van der Waals surface area contributed by atoms with Crippen molar-refractivity contribution in [1.82, 2.24) is 10.2 Å². The zero-order valence-electron chi connectivity index (χ0n) is 21.3. The Morgan fingerprint density at radius 2 is 1.57 bits per heavy atom. The molecule has 0 spiro atoms. The second-order valence-corrected chi connectivity index (χ2v) is 11.3. The number of carbonyl (C=O) groups is 2. The van der Waals surface area contributed by atoms with E-state index in [1.165, 1.54) is 4.90 Å². The van der Waals surface area contributed by atoms with Crippen LogP contribution < -0.4 is 9.62 Å². The summed E-state index contributed by atoms with van der Waals surface area (Å²) in [5, 5.41) is 3.52. The highest BCUT2D eigenvalue weighted by Gasteiger charge is 2.32. The maximum atomic E-state index is 13.7. The van der Waals surface area contributed by atoms with Crippen molar-refractivity contribution in [2.24, 2.45) is 0 Å². The van der Waals surface area contributed by atoms with Gasteiger partial charge in [-0.15, -0.1) is 0 Å². The van der Waals surface area contributed by atoms with Gasteiger partial charge in [-0.05, 0) is 74.6 Å². The number of benzene rings is 2. The zero-order valence-corrected chi connectivity index (χ0v) is 22.9. The Morgan fingerprint density at radius 3 is 2.06 bits per heavy atom. The van der Waals surface area contributed by atoms with Crippen molar-refractivity contribution in [2.75, 3.05) is 17.1 Å². The standard InChI is InChI=1S/C26H36ClN3O4S/c1-7-20(5)28-26(32)24(8-2)29(16-21-9-11-22(27)12-10-21)25(31)17-30(35(6,33)34)23-14-18(3)13-19(4)15-23/h9-15,20,24H,7-8,16-17H2,1-6H3,(H,28,32)/t20-,24+/m1/s1. The molecular formula is C26H36ClN3O4S. The summed E-state index contributed by atoms with van der Waals surface area (Å²) in [5.41, 5.74) is 2.98. The maximum Gasteiger partial charge on any atom is 0.244 e. The van der Waals surface area contributed by atoms with Crippen molar-refractivity contribution in [3.63, 3.8) is 0 Å². The molecule has 35 heavy (non-hydrogen) atoms. The third-order valence-corrected chi connectivity index (χ3v) is 7.22. The molecule has 0 bridgehead atoms. The van der Waals surface area contributed by atoms with Crippen LogP contribution in [0.15, 0.2) is 42.5 Å². The fraction of sp³-hybridized carbons (Fsp3) is 0.462. The first-order valence-electron chi connectivity index (χ1n) is 11.8. The number of sulfonamides is 1. The van der Waals surface area contributed by atoms with Gasteiger partial charge in [0.05, 0.1) is 11.9 Å². The Kier molecular flexibility index (Phi) is 10.2. The van der Waals surface area contributed by atoms with Gasteiger partial charge in [-0.25, -0.2) is 8.42 Å². The van der Waals surface area contributed by atoms with Crippen LogP contribution in [-0.2, 0) is 26.2 Å². The number of hydrogen-bond donors (Lipinski definition) is 1. The number of aryl methyl sites for hydroxylation is 2. The molecule has 0 radical (unpaired) electrons. The number of hydrogen-bond acceptors (Lipinski definition) is 4. The number of rotatable bonds is 11. The van der Waals surface area contributed by atoms with E-state index in [1.807, 2.05) is 40.7 Å². The lowest BCUT2D eigenvalue weighted by atomic mass is 10.1. The molecule has 2 atom stereocenters. The van der Waals surface area contributed by atoms with E-state index in [1.54, 1.807) is 36.4 Å². The first-order valence-corrected chi connectivity index (χ1v) is 14.0. The minimum Gasteiger partial charge on any atom is -0.352 e. The molecule has 1 N–H and O–H groups in total. The second-order valence-electron chi connectivity index (χ2n) is 9.01. The number of amides is 2. The van der Waals surface area contributed by atoms with E-state index in [4.69, 9.17) is 11.6 Å². The van der Waals surface area contributed by atoms with Crippen LogP contribution in [0, 0.1) is 13.8 Å². The monoisotopic (exact) mass is 521 g/mol. The Balaban J connectivity index is 2.46. The summed E-state index contributed by atoms with van der Waals surface area (Å²) in [6.07, 6.45) is 2.21. The van der Waals surface area contributed by atoms with Gasteiger partial charge in [-0.1, -0.05) is 43.6 Å². The van der Waals surface area contributed by atoms with Crippen molar-refractivity contribution in [3.05, 3.63) is 64.2 Å². The summed E-state index contributed by atoms with van der Waals surface area (Å²) in [7, 11) is -3.77. The van der Waals surface area contributed by atoms with Crippen molar-refractivity contribution in [1.29, 1.82) is 0 Å². The predicted octanol–water partition coefficient (Wildman–Crippen LogP) is 4.44. The molecule has 2 rings (SSSR count). The van der Waals surface area contributed by atoms with E-state index >= 15 is 0 Å². The Bertz CT molecular complexity index is 1120. The lowest BCUT2D eigenvalue weighted by Crippen LogP contribution is -2.53. The molecule has 0 saturated heterocycles. The highest BCUT2D eigenvalue weighted by atomic mass is 35.5. The van der Waals surface area contributed by atoms with E-state index in [9.17, 15) is 18.0 Å². The lowest BCUT2D eigenvalue weighted by molar-refractivity contribution is -0.140. The molecule has 2 aromatic rings. The molecule has 9 heteroatoms. The molecule has 0 saturated carbocycles. The fourth-order valence-electron chi connectivity index (χ4n) is 3.86. The average Bonchev–Trinajstić information content (AvgIpc) is 2.76. The largest absolute Gasteiger partial charge is 0.352 e. The molecule has 7 nitrogen and oxygen atoms in total. The van der Waals surface area contributed by atoms with Gasteiger partial charge in [0.15, 0.2) is 0 Å². The van der Waals surface area contributed by atoms with Crippen LogP contribution >= 0.6 is 11.6 Å². The summed E-state index contributed by atoms with van der Waals surface area (Å²) in [6.45, 7) is 9.18. The van der Waals surface area contributed by atoms with Gasteiger partial charge in [-0.3, -0.25) is 13.9 Å². The zero-order chi connectivity index (χ0) is 26.3. The smallest absolute Gasteiger partial charge is 0.244 e. The van der Waals surface area contributed by atoms with Crippen LogP contribution in [0.25, 0.3) is 0 Å². The van der Waals surface area contributed by atoms with Gasteiger partial charge in [0, 0.05) is 17.6 Å². The molecule has 0 aliphatic carbocycles. The third-order valence-electron chi connectivity index (χ3n) is 5.83. The van der Waals surface area contributed by atoms with E-state index in [2.05, 4.69) is 5.32 Å². The summed E-state index contributed by atoms with van der Waals surface area (Å²) >= 11 is 6.02. The van der Waals surface area contributed by atoms with Crippen LogP contribution in [0.1, 0.15) is 50.3 Å². The third kappa shape index (κ3) is 8.25. The van der Waals surface area contributed by atoms with Gasteiger partial charge in [-0.2, -0.15) is 0 Å². The molecule has 0 aliphatic heterocycles. The van der Waals surface area contributed by atoms with Crippen molar-refractivity contribution in [2.45, 2.75) is 66.1 Å². The van der Waals surface area contributed by atoms with Crippen molar-refractivity contribution >= 4 is 39.1 Å². The minimum atomic E-state index is -3.77. The molecule has 0 fully saturated rings. The molecule has 2 aromatic carbocycles. The Labute approximate surface area is 214 Å². The first-order chi connectivity index (χ1) is 16.3. The minimum absolute atomic E-state index is 0.0492.